The van der Waals surface area contributed by atoms with Gasteiger partial charge in [-0.1, -0.05) is 49.4 Å². The summed E-state index contributed by atoms with van der Waals surface area (Å²) in [5, 5.41) is 5.62. The number of rotatable bonds is 8. The first-order chi connectivity index (χ1) is 17.8. The van der Waals surface area contributed by atoms with E-state index in [1.165, 1.54) is 29.6 Å². The normalized spacial score (nSPS) is 14.6. The van der Waals surface area contributed by atoms with Crippen molar-refractivity contribution in [3.63, 3.8) is 0 Å². The summed E-state index contributed by atoms with van der Waals surface area (Å²) in [4.78, 5) is 26.2. The van der Waals surface area contributed by atoms with Crippen molar-refractivity contribution >= 4 is 27.5 Å². The molecule has 37 heavy (non-hydrogen) atoms. The van der Waals surface area contributed by atoms with Crippen molar-refractivity contribution < 1.29 is 22.7 Å². The zero-order chi connectivity index (χ0) is 26.4. The van der Waals surface area contributed by atoms with Crippen LogP contribution in [0.4, 0.5) is 5.69 Å². The summed E-state index contributed by atoms with van der Waals surface area (Å²) in [6.07, 6.45) is 1.59. The fourth-order valence-electron chi connectivity index (χ4n) is 4.25. The van der Waals surface area contributed by atoms with E-state index >= 15 is 0 Å². The molecule has 2 amide bonds. The van der Waals surface area contributed by atoms with Crippen LogP contribution in [0.5, 0.6) is 5.75 Å². The molecule has 0 saturated carbocycles. The molecule has 0 aliphatic carbocycles. The number of carbonyl (C=O) groups excluding carboxylic acids is 2. The van der Waals surface area contributed by atoms with E-state index in [1.807, 2.05) is 30.3 Å². The monoisotopic (exact) mass is 521 g/mol. The van der Waals surface area contributed by atoms with Crippen LogP contribution in [0.2, 0.25) is 0 Å². The third-order valence-electron chi connectivity index (χ3n) is 6.51. The zero-order valence-electron chi connectivity index (χ0n) is 20.9. The maximum Gasteiger partial charge on any atom is 0.259 e. The summed E-state index contributed by atoms with van der Waals surface area (Å²) in [5.74, 6) is -0.213. The van der Waals surface area contributed by atoms with E-state index < -0.39 is 15.9 Å². The van der Waals surface area contributed by atoms with Gasteiger partial charge in [0.15, 0.2) is 0 Å². The number of anilines is 1. The van der Waals surface area contributed by atoms with Crippen molar-refractivity contribution in [2.24, 2.45) is 5.92 Å². The summed E-state index contributed by atoms with van der Waals surface area (Å²) in [7, 11) is -2.35. The fourth-order valence-corrected chi connectivity index (χ4v) is 5.75. The Labute approximate surface area is 217 Å². The van der Waals surface area contributed by atoms with E-state index in [2.05, 4.69) is 17.6 Å². The summed E-state index contributed by atoms with van der Waals surface area (Å²) >= 11 is 0. The minimum atomic E-state index is -3.76. The lowest BCUT2D eigenvalue weighted by molar-refractivity contribution is 0.0951. The second-order valence-corrected chi connectivity index (χ2v) is 11.1. The van der Waals surface area contributed by atoms with Gasteiger partial charge in [-0.25, -0.2) is 8.42 Å². The van der Waals surface area contributed by atoms with Gasteiger partial charge in [-0.2, -0.15) is 4.31 Å². The first kappa shape index (κ1) is 26.4. The maximum absolute atomic E-state index is 13.3. The van der Waals surface area contributed by atoms with Crippen LogP contribution >= 0.6 is 0 Å². The van der Waals surface area contributed by atoms with Gasteiger partial charge in [-0.15, -0.1) is 0 Å². The average Bonchev–Trinajstić information content (AvgIpc) is 2.92. The highest BCUT2D eigenvalue weighted by molar-refractivity contribution is 7.89. The molecule has 0 atom stereocenters. The van der Waals surface area contributed by atoms with Crippen molar-refractivity contribution in [1.29, 1.82) is 0 Å². The number of hydrogen-bond donors (Lipinski definition) is 2. The van der Waals surface area contributed by atoms with E-state index in [-0.39, 0.29) is 27.7 Å². The van der Waals surface area contributed by atoms with Gasteiger partial charge in [0.05, 0.1) is 28.8 Å². The molecule has 0 bridgehead atoms. The molecule has 3 aromatic carbocycles. The molecule has 1 aliphatic rings. The second kappa shape index (κ2) is 11.6. The van der Waals surface area contributed by atoms with Crippen molar-refractivity contribution in [3.05, 3.63) is 89.5 Å². The molecule has 4 rings (SSSR count). The molecule has 1 heterocycles. The summed E-state index contributed by atoms with van der Waals surface area (Å²) in [6, 6.07) is 20.4. The van der Waals surface area contributed by atoms with E-state index in [4.69, 9.17) is 4.74 Å². The number of benzene rings is 3. The lowest BCUT2D eigenvalue weighted by atomic mass is 10.0. The topological polar surface area (TPSA) is 105 Å². The van der Waals surface area contributed by atoms with Gasteiger partial charge in [-0.05, 0) is 54.7 Å². The molecule has 1 saturated heterocycles. The van der Waals surface area contributed by atoms with Crippen molar-refractivity contribution in [2.75, 3.05) is 25.5 Å². The fraction of sp³-hybridized carbons (Fsp3) is 0.286. The summed E-state index contributed by atoms with van der Waals surface area (Å²) in [6.45, 7) is 3.34. The number of carbonyl (C=O) groups is 2. The number of methoxy groups -OCH3 is 1. The molecule has 2 N–H and O–H groups in total. The maximum atomic E-state index is 13.3. The van der Waals surface area contributed by atoms with Crippen LogP contribution in [0.1, 0.15) is 46.0 Å². The molecule has 1 fully saturated rings. The number of nitrogens with zero attached hydrogens (tertiary/aromatic N) is 1. The van der Waals surface area contributed by atoms with Crippen molar-refractivity contribution in [3.8, 4) is 5.75 Å². The first-order valence-electron chi connectivity index (χ1n) is 12.2. The predicted molar refractivity (Wildman–Crippen MR) is 142 cm³/mol. The molecule has 1 aliphatic heterocycles. The first-order valence-corrected chi connectivity index (χ1v) is 13.6. The van der Waals surface area contributed by atoms with Gasteiger partial charge in [-0.3, -0.25) is 9.59 Å². The largest absolute Gasteiger partial charge is 0.496 e. The number of nitrogens with one attached hydrogen (secondary N) is 2. The van der Waals surface area contributed by atoms with Crippen LogP contribution in [-0.2, 0) is 16.6 Å². The van der Waals surface area contributed by atoms with Gasteiger partial charge in [0.1, 0.15) is 5.75 Å². The van der Waals surface area contributed by atoms with Gasteiger partial charge in [0.25, 0.3) is 11.8 Å². The van der Waals surface area contributed by atoms with Crippen LogP contribution in [0.25, 0.3) is 0 Å². The number of piperidine rings is 1. The molecule has 9 heteroatoms. The molecule has 194 valence electrons. The molecule has 8 nitrogen and oxygen atoms in total. The Kier molecular flexibility index (Phi) is 8.25. The third-order valence-corrected chi connectivity index (χ3v) is 8.41. The number of sulfonamides is 1. The average molecular weight is 522 g/mol. The van der Waals surface area contributed by atoms with Crippen molar-refractivity contribution in [1.82, 2.24) is 9.62 Å². The van der Waals surface area contributed by atoms with Crippen LogP contribution < -0.4 is 15.4 Å². The van der Waals surface area contributed by atoms with E-state index in [9.17, 15) is 18.0 Å². The van der Waals surface area contributed by atoms with E-state index in [1.54, 1.807) is 24.3 Å². The van der Waals surface area contributed by atoms with Crippen LogP contribution in [0.15, 0.2) is 77.7 Å². The van der Waals surface area contributed by atoms with Gasteiger partial charge in [0.2, 0.25) is 10.0 Å². The summed E-state index contributed by atoms with van der Waals surface area (Å²) < 4.78 is 33.3. The Morgan fingerprint density at radius 2 is 1.59 bits per heavy atom. The van der Waals surface area contributed by atoms with Crippen LogP contribution in [0.3, 0.4) is 0 Å². The second-order valence-electron chi connectivity index (χ2n) is 9.12. The van der Waals surface area contributed by atoms with Crippen molar-refractivity contribution in [2.45, 2.75) is 31.2 Å². The minimum Gasteiger partial charge on any atom is -0.496 e. The highest BCUT2D eigenvalue weighted by Crippen LogP contribution is 2.28. The number of hydrogen-bond acceptors (Lipinski definition) is 5. The van der Waals surface area contributed by atoms with Gasteiger partial charge >= 0.3 is 0 Å². The molecular formula is C28H31N3O5S. The van der Waals surface area contributed by atoms with E-state index in [0.717, 1.165) is 18.4 Å². The molecular weight excluding hydrogens is 490 g/mol. The highest BCUT2D eigenvalue weighted by atomic mass is 32.2. The Morgan fingerprint density at radius 1 is 0.919 bits per heavy atom. The molecule has 0 unspecified atom stereocenters. The van der Waals surface area contributed by atoms with Crippen LogP contribution in [0, 0.1) is 5.92 Å². The quantitative estimate of drug-likeness (QED) is 0.460. The molecule has 3 aromatic rings. The number of ether oxygens (including phenoxy) is 1. The smallest absolute Gasteiger partial charge is 0.259 e. The van der Waals surface area contributed by atoms with Gasteiger partial charge in [0, 0.05) is 19.6 Å². The predicted octanol–water partition coefficient (Wildman–Crippen LogP) is 4.30. The van der Waals surface area contributed by atoms with Gasteiger partial charge < -0.3 is 15.4 Å². The lowest BCUT2D eigenvalue weighted by Gasteiger charge is -2.29. The Morgan fingerprint density at radius 3 is 2.30 bits per heavy atom. The minimum absolute atomic E-state index is 0.0295. The SMILES string of the molecule is COc1ccc(S(=O)(=O)N2CCC(C)CC2)cc1C(=O)Nc1ccccc1C(=O)NCc1ccccc1. The number of para-hydroxylation sites is 1. The Hall–Kier alpha value is -3.69. The summed E-state index contributed by atoms with van der Waals surface area (Å²) in [5.41, 5.74) is 1.60. The zero-order valence-corrected chi connectivity index (χ0v) is 21.8. The highest BCUT2D eigenvalue weighted by Gasteiger charge is 2.29. The standard InChI is InChI=1S/C28H31N3O5S/c1-20-14-16-31(17-15-20)37(34,35)22-12-13-26(36-2)24(18-22)28(33)30-25-11-7-6-10-23(25)27(32)29-19-21-8-4-3-5-9-21/h3-13,18,20H,14-17,19H2,1-2H3,(H,29,32)(H,30,33). The lowest BCUT2D eigenvalue weighted by Crippen LogP contribution is -2.38. The molecule has 0 spiro atoms. The van der Waals surface area contributed by atoms with Crippen LogP contribution in [-0.4, -0.2) is 44.7 Å². The third kappa shape index (κ3) is 6.18. The molecule has 0 aromatic heterocycles. The molecule has 0 radical (unpaired) electrons. The number of amides is 2. The van der Waals surface area contributed by atoms with E-state index in [0.29, 0.717) is 31.2 Å². The Bertz CT molecular complexity index is 1370. The Balaban J connectivity index is 1.55.